The van der Waals surface area contributed by atoms with Crippen LogP contribution >= 0.6 is 23.2 Å². The van der Waals surface area contributed by atoms with Crippen molar-refractivity contribution in [3.05, 3.63) is 82.0 Å². The summed E-state index contributed by atoms with van der Waals surface area (Å²) < 4.78 is 29.4. The number of rotatable bonds is 2. The molecule has 1 heterocycles. The summed E-state index contributed by atoms with van der Waals surface area (Å²) in [6.07, 6.45) is 1.62. The van der Waals surface area contributed by atoms with E-state index in [1.807, 2.05) is 25.1 Å². The van der Waals surface area contributed by atoms with Crippen molar-refractivity contribution < 1.29 is 8.78 Å². The van der Waals surface area contributed by atoms with Crippen molar-refractivity contribution in [2.75, 3.05) is 0 Å². The number of hydrogen-bond donors (Lipinski definition) is 1. The number of halogens is 4. The number of benzene rings is 3. The Labute approximate surface area is 159 Å². The SMILES string of the molecule is Cc1cc2[nH]cc(Cl)c2c(-c2c(F)cccc2F)c1-c1ccc(Cl)cc1. The second-order valence-electron chi connectivity index (χ2n) is 6.11. The van der Waals surface area contributed by atoms with Gasteiger partial charge in [0.2, 0.25) is 0 Å². The van der Waals surface area contributed by atoms with Gasteiger partial charge in [-0.25, -0.2) is 8.78 Å². The molecular formula is C21H13Cl2F2N. The van der Waals surface area contributed by atoms with Gasteiger partial charge in [-0.1, -0.05) is 41.4 Å². The molecule has 0 saturated heterocycles. The molecule has 26 heavy (non-hydrogen) atoms. The maximum atomic E-state index is 14.7. The van der Waals surface area contributed by atoms with E-state index < -0.39 is 11.6 Å². The standard InChI is InChI=1S/C21H13Cl2F2N/c1-11-9-17-19(14(23)10-26-17)21(20-15(24)3-2-4-16(20)25)18(11)12-5-7-13(22)8-6-12/h2-10,26H,1H3. The second-order valence-corrected chi connectivity index (χ2v) is 6.95. The number of nitrogens with one attached hydrogen (secondary N) is 1. The lowest BCUT2D eigenvalue weighted by Crippen LogP contribution is -1.96. The van der Waals surface area contributed by atoms with Crippen LogP contribution in [-0.4, -0.2) is 4.98 Å². The van der Waals surface area contributed by atoms with E-state index in [1.165, 1.54) is 18.2 Å². The molecule has 1 N–H and O–H groups in total. The summed E-state index contributed by atoms with van der Waals surface area (Å²) in [5.41, 5.74) is 3.47. The lowest BCUT2D eigenvalue weighted by atomic mass is 9.88. The van der Waals surface area contributed by atoms with E-state index in [2.05, 4.69) is 4.98 Å². The van der Waals surface area contributed by atoms with E-state index in [1.54, 1.807) is 18.3 Å². The summed E-state index contributed by atoms with van der Waals surface area (Å²) in [4.78, 5) is 3.07. The molecule has 130 valence electrons. The third-order valence-corrected chi connectivity index (χ3v) is 5.01. The first-order chi connectivity index (χ1) is 12.5. The number of fused-ring (bicyclic) bond motifs is 1. The first-order valence-electron chi connectivity index (χ1n) is 7.98. The summed E-state index contributed by atoms with van der Waals surface area (Å²) >= 11 is 12.4. The molecular weight excluding hydrogens is 375 g/mol. The molecule has 0 spiro atoms. The fourth-order valence-electron chi connectivity index (χ4n) is 3.37. The lowest BCUT2D eigenvalue weighted by molar-refractivity contribution is 0.590. The van der Waals surface area contributed by atoms with Crippen LogP contribution in [0.15, 0.2) is 54.7 Å². The minimum absolute atomic E-state index is 0.0901. The van der Waals surface area contributed by atoms with Gasteiger partial charge in [-0.15, -0.1) is 0 Å². The van der Waals surface area contributed by atoms with Crippen molar-refractivity contribution in [3.8, 4) is 22.3 Å². The van der Waals surface area contributed by atoms with Gasteiger partial charge in [-0.05, 0) is 53.9 Å². The highest BCUT2D eigenvalue weighted by molar-refractivity contribution is 6.37. The molecule has 1 nitrogen and oxygen atoms in total. The smallest absolute Gasteiger partial charge is 0.134 e. The van der Waals surface area contributed by atoms with Gasteiger partial charge >= 0.3 is 0 Å². The number of aromatic nitrogens is 1. The molecule has 0 unspecified atom stereocenters. The highest BCUT2D eigenvalue weighted by Crippen LogP contribution is 2.44. The van der Waals surface area contributed by atoms with Crippen LogP contribution in [0, 0.1) is 18.6 Å². The first-order valence-corrected chi connectivity index (χ1v) is 8.73. The molecule has 0 atom stereocenters. The Morgan fingerprint density at radius 3 is 2.15 bits per heavy atom. The predicted octanol–water partition coefficient (Wildman–Crippen LogP) is 7.40. The highest BCUT2D eigenvalue weighted by atomic mass is 35.5. The van der Waals surface area contributed by atoms with Gasteiger partial charge in [-0.2, -0.15) is 0 Å². The Morgan fingerprint density at radius 1 is 0.846 bits per heavy atom. The van der Waals surface area contributed by atoms with Crippen LogP contribution in [0.25, 0.3) is 33.2 Å². The Morgan fingerprint density at radius 2 is 1.50 bits per heavy atom. The van der Waals surface area contributed by atoms with Crippen LogP contribution in [0.3, 0.4) is 0 Å². The van der Waals surface area contributed by atoms with E-state index in [0.29, 0.717) is 21.0 Å². The van der Waals surface area contributed by atoms with Crippen molar-refractivity contribution in [2.45, 2.75) is 6.92 Å². The number of aryl methyl sites for hydroxylation is 1. The average Bonchev–Trinajstić information content (AvgIpc) is 2.96. The summed E-state index contributed by atoms with van der Waals surface area (Å²) in [7, 11) is 0. The van der Waals surface area contributed by atoms with E-state index in [9.17, 15) is 8.78 Å². The zero-order valence-corrected chi connectivity index (χ0v) is 15.2. The van der Waals surface area contributed by atoms with Crippen LogP contribution in [0.5, 0.6) is 0 Å². The van der Waals surface area contributed by atoms with Crippen LogP contribution in [0.1, 0.15) is 5.56 Å². The van der Waals surface area contributed by atoms with Crippen LogP contribution in [-0.2, 0) is 0 Å². The second kappa shape index (κ2) is 6.42. The third kappa shape index (κ3) is 2.68. The number of hydrogen-bond acceptors (Lipinski definition) is 0. The zero-order chi connectivity index (χ0) is 18.4. The lowest BCUT2D eigenvalue weighted by Gasteiger charge is -2.17. The number of aromatic amines is 1. The van der Waals surface area contributed by atoms with Gasteiger partial charge in [-0.3, -0.25) is 0 Å². The molecule has 0 aliphatic rings. The maximum absolute atomic E-state index is 14.7. The van der Waals surface area contributed by atoms with Crippen molar-refractivity contribution in [2.24, 2.45) is 0 Å². The molecule has 0 saturated carbocycles. The molecule has 4 rings (SSSR count). The van der Waals surface area contributed by atoms with E-state index in [-0.39, 0.29) is 5.56 Å². The average molecular weight is 388 g/mol. The largest absolute Gasteiger partial charge is 0.360 e. The molecule has 4 aromatic rings. The number of H-pyrrole nitrogens is 1. The van der Waals surface area contributed by atoms with Gasteiger partial charge in [0, 0.05) is 27.7 Å². The Bertz CT molecular complexity index is 1110. The molecule has 0 fully saturated rings. The molecule has 1 aromatic heterocycles. The van der Waals surface area contributed by atoms with Crippen LogP contribution < -0.4 is 0 Å². The van der Waals surface area contributed by atoms with Crippen LogP contribution in [0.4, 0.5) is 8.78 Å². The molecule has 0 amide bonds. The van der Waals surface area contributed by atoms with Crippen molar-refractivity contribution in [1.29, 1.82) is 0 Å². The van der Waals surface area contributed by atoms with Gasteiger partial charge in [0.05, 0.1) is 10.6 Å². The molecule has 0 aliphatic carbocycles. The van der Waals surface area contributed by atoms with Crippen molar-refractivity contribution in [3.63, 3.8) is 0 Å². The molecule has 0 aliphatic heterocycles. The highest BCUT2D eigenvalue weighted by Gasteiger charge is 2.22. The van der Waals surface area contributed by atoms with Gasteiger partial charge in [0.25, 0.3) is 0 Å². The first kappa shape index (κ1) is 17.1. The molecule has 3 aromatic carbocycles. The van der Waals surface area contributed by atoms with E-state index in [4.69, 9.17) is 23.2 Å². The van der Waals surface area contributed by atoms with E-state index in [0.717, 1.165) is 22.2 Å². The monoisotopic (exact) mass is 387 g/mol. The Hall–Kier alpha value is -2.36. The van der Waals surface area contributed by atoms with Gasteiger partial charge in [0.1, 0.15) is 11.6 Å². The normalized spacial score (nSPS) is 11.3. The summed E-state index contributed by atoms with van der Waals surface area (Å²) in [5.74, 6) is -1.27. The quantitative estimate of drug-likeness (QED) is 0.368. The molecule has 5 heteroatoms. The third-order valence-electron chi connectivity index (χ3n) is 4.46. The predicted molar refractivity (Wildman–Crippen MR) is 104 cm³/mol. The van der Waals surface area contributed by atoms with Crippen LogP contribution in [0.2, 0.25) is 10.0 Å². The summed E-state index contributed by atoms with van der Waals surface area (Å²) in [5, 5.41) is 1.59. The van der Waals surface area contributed by atoms with Crippen molar-refractivity contribution >= 4 is 34.1 Å². The maximum Gasteiger partial charge on any atom is 0.134 e. The van der Waals surface area contributed by atoms with Gasteiger partial charge in [0.15, 0.2) is 0 Å². The minimum Gasteiger partial charge on any atom is -0.360 e. The van der Waals surface area contributed by atoms with Crippen molar-refractivity contribution in [1.82, 2.24) is 4.98 Å². The topological polar surface area (TPSA) is 15.8 Å². The molecule has 0 radical (unpaired) electrons. The fourth-order valence-corrected chi connectivity index (χ4v) is 3.74. The van der Waals surface area contributed by atoms with E-state index >= 15 is 0 Å². The zero-order valence-electron chi connectivity index (χ0n) is 13.7. The molecule has 0 bridgehead atoms. The summed E-state index contributed by atoms with van der Waals surface area (Å²) in [6, 6.07) is 12.9. The summed E-state index contributed by atoms with van der Waals surface area (Å²) in [6.45, 7) is 1.90. The Kier molecular flexibility index (Phi) is 4.22. The minimum atomic E-state index is -0.635. The fraction of sp³-hybridized carbons (Fsp3) is 0.0476. The Balaban J connectivity index is 2.20. The van der Waals surface area contributed by atoms with Gasteiger partial charge < -0.3 is 4.98 Å².